The third-order valence-electron chi connectivity index (χ3n) is 3.44. The van der Waals surface area contributed by atoms with E-state index in [1.54, 1.807) is 6.21 Å². The molecule has 0 spiro atoms. The smallest absolute Gasteiger partial charge is 0.222 e. The minimum absolute atomic E-state index is 0.155. The summed E-state index contributed by atoms with van der Waals surface area (Å²) in [4.78, 5) is 12.6. The lowest BCUT2D eigenvalue weighted by molar-refractivity contribution is 0.105. The van der Waals surface area contributed by atoms with Crippen molar-refractivity contribution in [2.24, 2.45) is 4.99 Å². The number of allylic oxidation sites excluding steroid dienone is 1. The van der Waals surface area contributed by atoms with Crippen molar-refractivity contribution in [1.82, 2.24) is 9.97 Å². The third kappa shape index (κ3) is 2.90. The molecule has 7 heteroatoms. The van der Waals surface area contributed by atoms with Crippen LogP contribution in [0.5, 0.6) is 0 Å². The fraction of sp³-hybridized carbons (Fsp3) is 0.267. The highest BCUT2D eigenvalue weighted by Gasteiger charge is 2.11. The number of aliphatic hydroxyl groups excluding tert-OH is 2. The van der Waals surface area contributed by atoms with E-state index in [1.165, 1.54) is 0 Å². The van der Waals surface area contributed by atoms with Crippen molar-refractivity contribution in [3.63, 3.8) is 0 Å². The first-order valence-electron chi connectivity index (χ1n) is 6.97. The van der Waals surface area contributed by atoms with E-state index in [-0.39, 0.29) is 19.1 Å². The van der Waals surface area contributed by atoms with E-state index in [1.807, 2.05) is 24.3 Å². The average molecular weight is 299 g/mol. The highest BCUT2D eigenvalue weighted by molar-refractivity contribution is 5.95. The monoisotopic (exact) mass is 299 g/mol. The van der Waals surface area contributed by atoms with Crippen molar-refractivity contribution in [3.05, 3.63) is 29.8 Å². The maximum Gasteiger partial charge on any atom is 0.222 e. The van der Waals surface area contributed by atoms with Crippen LogP contribution >= 0.6 is 0 Å². The van der Waals surface area contributed by atoms with Crippen molar-refractivity contribution in [3.8, 4) is 0 Å². The van der Waals surface area contributed by atoms with Crippen molar-refractivity contribution < 1.29 is 10.2 Å². The van der Waals surface area contributed by atoms with Crippen molar-refractivity contribution in [1.29, 1.82) is 0 Å². The van der Waals surface area contributed by atoms with E-state index in [2.05, 4.69) is 20.3 Å². The number of nitrogens with zero attached hydrogens (tertiary/aromatic N) is 3. The van der Waals surface area contributed by atoms with Gasteiger partial charge in [-0.05, 0) is 29.3 Å². The first-order valence-corrected chi connectivity index (χ1v) is 6.97. The number of nitrogens with one attached hydrogen (secondary N) is 1. The molecule has 0 fully saturated rings. The van der Waals surface area contributed by atoms with Gasteiger partial charge in [-0.25, -0.2) is 4.98 Å². The Hall–Kier alpha value is -2.51. The second-order valence-electron chi connectivity index (χ2n) is 5.06. The zero-order valence-corrected chi connectivity index (χ0v) is 11.9. The summed E-state index contributed by atoms with van der Waals surface area (Å²) in [6, 6.07) is 5.84. The van der Waals surface area contributed by atoms with Gasteiger partial charge in [0.1, 0.15) is 5.82 Å². The van der Waals surface area contributed by atoms with E-state index in [0.29, 0.717) is 12.4 Å². The number of rotatable bonds is 5. The van der Waals surface area contributed by atoms with E-state index < -0.39 is 6.10 Å². The number of anilines is 2. The minimum Gasteiger partial charge on any atom is -0.394 e. The van der Waals surface area contributed by atoms with Crippen LogP contribution in [0, 0.1) is 0 Å². The summed E-state index contributed by atoms with van der Waals surface area (Å²) in [5.41, 5.74) is 8.65. The van der Waals surface area contributed by atoms with Crippen LogP contribution in [0.25, 0.3) is 16.5 Å². The Balaban J connectivity index is 1.95. The predicted octanol–water partition coefficient (Wildman–Crippen LogP) is 0.445. The number of nitrogen functional groups attached to an aromatic ring is 1. The second-order valence-corrected chi connectivity index (χ2v) is 5.06. The van der Waals surface area contributed by atoms with Crippen LogP contribution in [0.2, 0.25) is 0 Å². The molecule has 114 valence electrons. The molecule has 5 N–H and O–H groups in total. The number of benzene rings is 1. The molecule has 0 amide bonds. The van der Waals surface area contributed by atoms with Gasteiger partial charge in [-0.15, -0.1) is 0 Å². The van der Waals surface area contributed by atoms with Gasteiger partial charge < -0.3 is 21.3 Å². The Kier molecular flexibility index (Phi) is 3.99. The van der Waals surface area contributed by atoms with Gasteiger partial charge in [-0.2, -0.15) is 4.98 Å². The molecular formula is C15H17N5O2. The van der Waals surface area contributed by atoms with Gasteiger partial charge in [-0.1, -0.05) is 6.07 Å². The lowest BCUT2D eigenvalue weighted by Crippen LogP contribution is -2.23. The summed E-state index contributed by atoms with van der Waals surface area (Å²) in [6.07, 6.45) is 2.91. The standard InChI is InChI=1S/C15H17N5O2/c16-15-19-13-5-9(10-3-4-17-6-10)1-2-12(13)14(20-15)18-7-11(22)8-21/h1-5,11,21-22H,6-8H2,(H3,16,18,19,20)/t11-/m0/s1. The summed E-state index contributed by atoms with van der Waals surface area (Å²) in [6.45, 7) is 0.534. The van der Waals surface area contributed by atoms with Crippen molar-refractivity contribution in [2.45, 2.75) is 6.10 Å². The Morgan fingerprint density at radius 2 is 2.18 bits per heavy atom. The molecule has 2 heterocycles. The second kappa shape index (κ2) is 6.08. The highest BCUT2D eigenvalue weighted by atomic mass is 16.3. The molecule has 0 radical (unpaired) electrons. The summed E-state index contributed by atoms with van der Waals surface area (Å²) in [5, 5.41) is 22.1. The largest absolute Gasteiger partial charge is 0.394 e. The molecule has 0 bridgehead atoms. The molecule has 0 unspecified atom stereocenters. The zero-order chi connectivity index (χ0) is 15.5. The maximum atomic E-state index is 9.44. The van der Waals surface area contributed by atoms with Gasteiger partial charge in [0.05, 0.1) is 24.8 Å². The van der Waals surface area contributed by atoms with Gasteiger partial charge in [0.25, 0.3) is 0 Å². The molecule has 3 rings (SSSR count). The minimum atomic E-state index is -0.855. The van der Waals surface area contributed by atoms with Gasteiger partial charge in [0.15, 0.2) is 0 Å². The van der Waals surface area contributed by atoms with Crippen LogP contribution in [0.4, 0.5) is 11.8 Å². The SMILES string of the molecule is Nc1nc(NC[C@H](O)CO)c2ccc(C3=CC=NC3)cc2n1. The van der Waals surface area contributed by atoms with Gasteiger partial charge in [-0.3, -0.25) is 4.99 Å². The molecule has 2 aromatic rings. The molecule has 1 aromatic carbocycles. The summed E-state index contributed by atoms with van der Waals surface area (Å²) in [7, 11) is 0. The molecule has 1 aromatic heterocycles. The molecule has 1 aliphatic rings. The van der Waals surface area contributed by atoms with Crippen molar-refractivity contribution >= 4 is 34.5 Å². The predicted molar refractivity (Wildman–Crippen MR) is 86.9 cm³/mol. The van der Waals surface area contributed by atoms with Gasteiger partial charge in [0.2, 0.25) is 5.95 Å². The molecular weight excluding hydrogens is 282 g/mol. The molecule has 1 atom stereocenters. The Bertz CT molecular complexity index is 757. The van der Waals surface area contributed by atoms with E-state index in [0.717, 1.165) is 22.0 Å². The fourth-order valence-corrected chi connectivity index (χ4v) is 2.30. The zero-order valence-electron chi connectivity index (χ0n) is 11.9. The Labute approximate surface area is 127 Å². The van der Waals surface area contributed by atoms with Crippen LogP contribution in [-0.2, 0) is 0 Å². The first kappa shape index (κ1) is 14.4. The number of hydrogen-bond donors (Lipinski definition) is 4. The number of fused-ring (bicyclic) bond motifs is 1. The normalized spacial score (nSPS) is 15.1. The van der Waals surface area contributed by atoms with Crippen LogP contribution in [0.3, 0.4) is 0 Å². The molecule has 0 saturated carbocycles. The fourth-order valence-electron chi connectivity index (χ4n) is 2.30. The molecule has 1 aliphatic heterocycles. The molecule has 7 nitrogen and oxygen atoms in total. The van der Waals surface area contributed by atoms with Gasteiger partial charge >= 0.3 is 0 Å². The van der Waals surface area contributed by atoms with Crippen LogP contribution in [0.1, 0.15) is 5.56 Å². The van der Waals surface area contributed by atoms with Crippen LogP contribution in [-0.4, -0.2) is 52.2 Å². The van der Waals surface area contributed by atoms with E-state index in [4.69, 9.17) is 10.8 Å². The number of aromatic nitrogens is 2. The molecule has 0 saturated heterocycles. The Morgan fingerprint density at radius 3 is 2.91 bits per heavy atom. The van der Waals surface area contributed by atoms with E-state index >= 15 is 0 Å². The van der Waals surface area contributed by atoms with E-state index in [9.17, 15) is 5.11 Å². The van der Waals surface area contributed by atoms with Gasteiger partial charge in [0, 0.05) is 18.1 Å². The summed E-state index contributed by atoms with van der Waals surface area (Å²) < 4.78 is 0. The van der Waals surface area contributed by atoms with Crippen LogP contribution in [0.15, 0.2) is 29.3 Å². The Morgan fingerprint density at radius 1 is 1.32 bits per heavy atom. The lowest BCUT2D eigenvalue weighted by Gasteiger charge is -2.12. The van der Waals surface area contributed by atoms with Crippen molar-refractivity contribution in [2.75, 3.05) is 30.7 Å². The third-order valence-corrected chi connectivity index (χ3v) is 3.44. The quantitative estimate of drug-likeness (QED) is 0.636. The maximum absolute atomic E-state index is 9.44. The van der Waals surface area contributed by atoms with Crippen LogP contribution < -0.4 is 11.1 Å². The summed E-state index contributed by atoms with van der Waals surface area (Å²) >= 11 is 0. The molecule has 22 heavy (non-hydrogen) atoms. The number of nitrogens with two attached hydrogens (primary N) is 1. The first-order chi connectivity index (χ1) is 10.7. The molecule has 0 aliphatic carbocycles. The number of aliphatic imine (C=N–C) groups is 1. The summed E-state index contributed by atoms with van der Waals surface area (Å²) in [5.74, 6) is 0.695. The average Bonchev–Trinajstić information content (AvgIpc) is 3.05. The highest BCUT2D eigenvalue weighted by Crippen LogP contribution is 2.26. The lowest BCUT2D eigenvalue weighted by atomic mass is 10.0. The number of hydrogen-bond acceptors (Lipinski definition) is 7. The number of aliphatic hydroxyl groups is 2. The topological polar surface area (TPSA) is 117 Å².